The normalized spacial score (nSPS) is 16.8. The number of hydrogen-bond donors (Lipinski definition) is 0. The molecule has 0 bridgehead atoms. The minimum atomic E-state index is -1.43. The van der Waals surface area contributed by atoms with Crippen molar-refractivity contribution in [3.05, 3.63) is 70.9 Å². The molecule has 90 valence electrons. The van der Waals surface area contributed by atoms with Crippen LogP contribution < -0.4 is 5.19 Å². The Morgan fingerprint density at radius 3 is 2.11 bits per heavy atom. The highest BCUT2D eigenvalue weighted by atomic mass is 28.3. The molecule has 1 aliphatic heterocycles. The summed E-state index contributed by atoms with van der Waals surface area (Å²) in [7, 11) is -1.43. The first-order valence-electron chi connectivity index (χ1n) is 6.49. The van der Waals surface area contributed by atoms with Gasteiger partial charge < -0.3 is 0 Å². The topological polar surface area (TPSA) is 0 Å². The largest absolute Gasteiger partial charge is 0.108 e. The van der Waals surface area contributed by atoms with E-state index in [4.69, 9.17) is 0 Å². The molecule has 0 fully saturated rings. The van der Waals surface area contributed by atoms with Gasteiger partial charge in [0.15, 0.2) is 0 Å². The third-order valence-electron chi connectivity index (χ3n) is 4.24. The van der Waals surface area contributed by atoms with Crippen LogP contribution in [0.5, 0.6) is 0 Å². The second-order valence-electron chi connectivity index (χ2n) is 5.54. The summed E-state index contributed by atoms with van der Waals surface area (Å²) in [6.07, 6.45) is 0. The Labute approximate surface area is 110 Å². The summed E-state index contributed by atoms with van der Waals surface area (Å²) >= 11 is 0. The molecule has 3 rings (SSSR count). The average Bonchev–Trinajstić information content (AvgIpc) is 2.60. The van der Waals surface area contributed by atoms with Gasteiger partial charge in [-0.1, -0.05) is 72.9 Å². The van der Waals surface area contributed by atoms with Gasteiger partial charge in [-0.05, 0) is 28.8 Å². The van der Waals surface area contributed by atoms with E-state index in [1.54, 1.807) is 10.4 Å². The summed E-state index contributed by atoms with van der Waals surface area (Å²) in [5, 5.41) is 3.19. The molecule has 1 heterocycles. The molecule has 2 aromatic rings. The third kappa shape index (κ3) is 1.51. The zero-order chi connectivity index (χ0) is 12.8. The SMILES string of the molecule is CC1=C(c2ccccc2)c2ccccc2[Si]1(C)C. The van der Waals surface area contributed by atoms with Crippen LogP contribution in [0.1, 0.15) is 18.1 Å². The first-order valence-corrected chi connectivity index (χ1v) is 9.49. The summed E-state index contributed by atoms with van der Waals surface area (Å²) in [6, 6.07) is 19.7. The van der Waals surface area contributed by atoms with E-state index in [0.717, 1.165) is 0 Å². The molecule has 1 heteroatoms. The minimum absolute atomic E-state index is 1.36. The van der Waals surface area contributed by atoms with Gasteiger partial charge in [0.25, 0.3) is 0 Å². The van der Waals surface area contributed by atoms with Crippen molar-refractivity contribution in [2.24, 2.45) is 0 Å². The van der Waals surface area contributed by atoms with Crippen LogP contribution in [0.4, 0.5) is 0 Å². The van der Waals surface area contributed by atoms with Crippen molar-refractivity contribution in [2.75, 3.05) is 0 Å². The zero-order valence-corrected chi connectivity index (χ0v) is 12.2. The summed E-state index contributed by atoms with van der Waals surface area (Å²) < 4.78 is 0. The Morgan fingerprint density at radius 2 is 1.39 bits per heavy atom. The van der Waals surface area contributed by atoms with Crippen molar-refractivity contribution in [2.45, 2.75) is 20.0 Å². The predicted molar refractivity (Wildman–Crippen MR) is 81.7 cm³/mol. The van der Waals surface area contributed by atoms with Crippen LogP contribution in [0.15, 0.2) is 59.8 Å². The first kappa shape index (κ1) is 11.5. The van der Waals surface area contributed by atoms with E-state index in [2.05, 4.69) is 74.6 Å². The fourth-order valence-electron chi connectivity index (χ4n) is 2.94. The maximum Gasteiger partial charge on any atom is 0.108 e. The smallest absolute Gasteiger partial charge is 0.0708 e. The molecule has 0 aliphatic carbocycles. The van der Waals surface area contributed by atoms with E-state index in [0.29, 0.717) is 0 Å². The maximum atomic E-state index is 2.46. The van der Waals surface area contributed by atoms with Crippen molar-refractivity contribution >= 4 is 18.8 Å². The summed E-state index contributed by atoms with van der Waals surface area (Å²) in [6.45, 7) is 7.24. The van der Waals surface area contributed by atoms with Crippen molar-refractivity contribution in [1.29, 1.82) is 0 Å². The Bertz CT molecular complexity index is 621. The zero-order valence-electron chi connectivity index (χ0n) is 11.2. The molecule has 0 saturated heterocycles. The van der Waals surface area contributed by atoms with Crippen LogP contribution in [-0.4, -0.2) is 8.07 Å². The van der Waals surface area contributed by atoms with Crippen LogP contribution in [0.2, 0.25) is 13.1 Å². The summed E-state index contributed by atoms with van der Waals surface area (Å²) in [4.78, 5) is 0. The molecule has 18 heavy (non-hydrogen) atoms. The van der Waals surface area contributed by atoms with E-state index in [1.165, 1.54) is 16.7 Å². The van der Waals surface area contributed by atoms with E-state index >= 15 is 0 Å². The van der Waals surface area contributed by atoms with Crippen molar-refractivity contribution in [3.8, 4) is 0 Å². The lowest BCUT2D eigenvalue weighted by atomic mass is 9.98. The molecule has 0 aromatic heterocycles. The van der Waals surface area contributed by atoms with Gasteiger partial charge in [0.05, 0.1) is 0 Å². The van der Waals surface area contributed by atoms with Crippen LogP contribution in [-0.2, 0) is 0 Å². The number of allylic oxidation sites excluding steroid dienone is 1. The summed E-state index contributed by atoms with van der Waals surface area (Å²) in [5.74, 6) is 0. The van der Waals surface area contributed by atoms with Gasteiger partial charge >= 0.3 is 0 Å². The minimum Gasteiger partial charge on any atom is -0.0708 e. The molecular weight excluding hydrogens is 232 g/mol. The van der Waals surface area contributed by atoms with Crippen molar-refractivity contribution in [1.82, 2.24) is 0 Å². The number of hydrogen-bond acceptors (Lipinski definition) is 0. The molecule has 0 saturated carbocycles. The van der Waals surface area contributed by atoms with Gasteiger partial charge in [-0.3, -0.25) is 0 Å². The van der Waals surface area contributed by atoms with Gasteiger partial charge in [-0.15, -0.1) is 0 Å². The standard InChI is InChI=1S/C17H18Si/c1-13-17(14-9-5-4-6-10-14)15-11-7-8-12-16(15)18(13,2)3/h4-12H,1-3H3. The van der Waals surface area contributed by atoms with Crippen molar-refractivity contribution in [3.63, 3.8) is 0 Å². The Balaban J connectivity index is 2.30. The molecule has 0 N–H and O–H groups in total. The second-order valence-corrected chi connectivity index (χ2v) is 10.1. The average molecular weight is 250 g/mol. The molecule has 0 radical (unpaired) electrons. The molecule has 1 aliphatic rings. The lowest BCUT2D eigenvalue weighted by Crippen LogP contribution is -2.40. The molecule has 2 aromatic carbocycles. The van der Waals surface area contributed by atoms with Gasteiger partial charge in [0.1, 0.15) is 8.07 Å². The first-order chi connectivity index (χ1) is 8.62. The highest BCUT2D eigenvalue weighted by molar-refractivity contribution is 6.98. The van der Waals surface area contributed by atoms with Crippen molar-refractivity contribution < 1.29 is 0 Å². The molecule has 0 amide bonds. The van der Waals surface area contributed by atoms with E-state index in [-0.39, 0.29) is 0 Å². The molecular formula is C17H18Si. The maximum absolute atomic E-state index is 2.46. The Morgan fingerprint density at radius 1 is 0.778 bits per heavy atom. The quantitative estimate of drug-likeness (QED) is 0.672. The fourth-order valence-corrected chi connectivity index (χ4v) is 5.64. The molecule has 0 spiro atoms. The molecule has 0 atom stereocenters. The second kappa shape index (κ2) is 3.96. The Kier molecular flexibility index (Phi) is 2.53. The highest BCUT2D eigenvalue weighted by Crippen LogP contribution is 2.37. The molecule has 0 nitrogen and oxygen atoms in total. The van der Waals surface area contributed by atoms with Crippen LogP contribution in [0.3, 0.4) is 0 Å². The van der Waals surface area contributed by atoms with Gasteiger partial charge in [-0.25, -0.2) is 0 Å². The number of benzene rings is 2. The van der Waals surface area contributed by atoms with E-state index < -0.39 is 8.07 Å². The van der Waals surface area contributed by atoms with Crippen LogP contribution >= 0.6 is 0 Å². The van der Waals surface area contributed by atoms with Gasteiger partial charge in [0.2, 0.25) is 0 Å². The van der Waals surface area contributed by atoms with E-state index in [9.17, 15) is 0 Å². The predicted octanol–water partition coefficient (Wildman–Crippen LogP) is 3.98. The Hall–Kier alpha value is -1.60. The van der Waals surface area contributed by atoms with Crippen LogP contribution in [0.25, 0.3) is 5.57 Å². The lowest BCUT2D eigenvalue weighted by molar-refractivity contribution is 1.54. The fraction of sp³-hybridized carbons (Fsp3) is 0.176. The van der Waals surface area contributed by atoms with Crippen LogP contribution in [0, 0.1) is 0 Å². The number of fused-ring (bicyclic) bond motifs is 1. The van der Waals surface area contributed by atoms with E-state index in [1.807, 2.05) is 0 Å². The summed E-state index contributed by atoms with van der Waals surface area (Å²) in [5.41, 5.74) is 4.29. The lowest BCUT2D eigenvalue weighted by Gasteiger charge is -2.19. The number of rotatable bonds is 1. The van der Waals surface area contributed by atoms with Gasteiger partial charge in [0, 0.05) is 0 Å². The monoisotopic (exact) mass is 250 g/mol. The molecule has 0 unspecified atom stereocenters. The third-order valence-corrected chi connectivity index (χ3v) is 8.15. The van der Waals surface area contributed by atoms with Gasteiger partial charge in [-0.2, -0.15) is 0 Å². The highest BCUT2D eigenvalue weighted by Gasteiger charge is 2.36.